The predicted molar refractivity (Wildman–Crippen MR) is 33.3 cm³/mol. The van der Waals surface area contributed by atoms with Gasteiger partial charge in [-0.25, -0.2) is 0 Å². The van der Waals surface area contributed by atoms with Crippen LogP contribution in [0.4, 0.5) is 0 Å². The van der Waals surface area contributed by atoms with E-state index in [4.69, 9.17) is 0 Å². The Bertz CT molecular complexity index is 8.00. The molecule has 0 aromatic rings. The van der Waals surface area contributed by atoms with E-state index in [9.17, 15) is 0 Å². The quantitative estimate of drug-likeness (QED) is 0.442. The maximum absolute atomic E-state index is 0. The molecule has 22 valence electrons. The molecule has 0 bridgehead atoms. The second-order valence-electron chi connectivity index (χ2n) is 0. The minimum atomic E-state index is 0. The van der Waals surface area contributed by atoms with Crippen molar-refractivity contribution in [1.82, 2.24) is 0 Å². The molecule has 0 aliphatic heterocycles. The summed E-state index contributed by atoms with van der Waals surface area (Å²) in [5.41, 5.74) is 0. The van der Waals surface area contributed by atoms with Gasteiger partial charge in [0.25, 0.3) is 0 Å². The fraction of sp³-hybridized carbons (Fsp3) is 0. The van der Waals surface area contributed by atoms with Crippen LogP contribution < -0.4 is 0 Å². The third-order valence-electron chi connectivity index (χ3n) is 0. The van der Waals surface area contributed by atoms with Gasteiger partial charge in [0, 0.05) is 0 Å². The first-order valence-electron chi connectivity index (χ1n) is 0. The average Bonchev–Trinajstić information content (AvgIpc) is 0. The number of rotatable bonds is 0. The van der Waals surface area contributed by atoms with Crippen molar-refractivity contribution in [3.8, 4) is 0 Å². The molecule has 0 nitrogen and oxygen atoms in total. The predicted octanol–water partition coefficient (Wildman–Crippen LogP) is -0.565. The molecule has 0 atom stereocenters. The van der Waals surface area contributed by atoms with Crippen molar-refractivity contribution >= 4 is 96.7 Å². The number of halogens is 2. The van der Waals surface area contributed by atoms with Crippen LogP contribution in [0.5, 0.6) is 0 Å². The molecule has 0 rings (SSSR count). The summed E-state index contributed by atoms with van der Waals surface area (Å²) >= 11 is 0. The number of hydrogen-bond donors (Lipinski definition) is 0. The molecular formula is H5BrCaClNa. The van der Waals surface area contributed by atoms with Gasteiger partial charge in [-0.15, -0.1) is 29.4 Å². The van der Waals surface area contributed by atoms with E-state index < -0.39 is 0 Å². The zero-order valence-electron chi connectivity index (χ0n) is 0.816. The molecule has 0 fully saturated rings. The van der Waals surface area contributed by atoms with Crippen LogP contribution in [0.25, 0.3) is 0 Å². The van der Waals surface area contributed by atoms with E-state index in [-0.39, 0.29) is 96.7 Å². The van der Waals surface area contributed by atoms with Crippen LogP contribution in [-0.2, 0) is 0 Å². The van der Waals surface area contributed by atoms with Crippen LogP contribution in [0.1, 0.15) is 0 Å². The molecule has 0 amide bonds. The van der Waals surface area contributed by atoms with E-state index in [1.807, 2.05) is 0 Å². The summed E-state index contributed by atoms with van der Waals surface area (Å²) in [5.74, 6) is 0. The second-order valence-corrected chi connectivity index (χ2v) is 0. The summed E-state index contributed by atoms with van der Waals surface area (Å²) in [6, 6.07) is 0. The molecule has 0 aromatic heterocycles. The van der Waals surface area contributed by atoms with Gasteiger partial charge in [-0.2, -0.15) is 0 Å². The maximum atomic E-state index is 0. The van der Waals surface area contributed by atoms with Gasteiger partial charge in [0.15, 0.2) is 0 Å². The molecule has 0 unspecified atom stereocenters. The van der Waals surface area contributed by atoms with E-state index in [1.54, 1.807) is 0 Å². The average molecular weight is 183 g/mol. The van der Waals surface area contributed by atoms with Crippen molar-refractivity contribution in [3.63, 3.8) is 0 Å². The molecule has 4 heavy (non-hydrogen) atoms. The third-order valence-corrected chi connectivity index (χ3v) is 0. The molecule has 0 spiro atoms. The van der Waals surface area contributed by atoms with Gasteiger partial charge in [-0.05, 0) is 0 Å². The Balaban J connectivity index is 0. The van der Waals surface area contributed by atoms with Crippen molar-refractivity contribution in [2.45, 2.75) is 0 Å². The molecule has 0 radical (unpaired) electrons. The SMILES string of the molecule is Br.Cl.[CaH2].[NaH]. The molecule has 4 heteroatoms. The molecule has 0 saturated heterocycles. The summed E-state index contributed by atoms with van der Waals surface area (Å²) in [6.07, 6.45) is 0. The van der Waals surface area contributed by atoms with E-state index in [0.717, 1.165) is 0 Å². The van der Waals surface area contributed by atoms with Crippen LogP contribution in [0.15, 0.2) is 0 Å². The molecule has 0 N–H and O–H groups in total. The Kier molecular flexibility index (Phi) is 116. The van der Waals surface area contributed by atoms with Crippen LogP contribution in [0.2, 0.25) is 0 Å². The van der Waals surface area contributed by atoms with Gasteiger partial charge in [-0.1, -0.05) is 0 Å². The fourth-order valence-electron chi connectivity index (χ4n) is 0. The number of hydrogen-bond acceptors (Lipinski definition) is 0. The summed E-state index contributed by atoms with van der Waals surface area (Å²) in [7, 11) is 0. The van der Waals surface area contributed by atoms with Crippen LogP contribution >= 0.6 is 29.4 Å². The molecule has 0 aliphatic carbocycles. The summed E-state index contributed by atoms with van der Waals surface area (Å²) in [4.78, 5) is 0. The van der Waals surface area contributed by atoms with Crippen molar-refractivity contribution in [2.75, 3.05) is 0 Å². The zero-order valence-corrected chi connectivity index (χ0v) is 3.35. The molecule has 0 aliphatic rings. The van der Waals surface area contributed by atoms with Gasteiger partial charge in [0.05, 0.1) is 0 Å². The van der Waals surface area contributed by atoms with Gasteiger partial charge in [0.1, 0.15) is 0 Å². The monoisotopic (exact) mass is 182 g/mol. The zero-order chi connectivity index (χ0) is 0. The topological polar surface area (TPSA) is 0 Å². The van der Waals surface area contributed by atoms with Gasteiger partial charge in [-0.3, -0.25) is 0 Å². The first-order valence-corrected chi connectivity index (χ1v) is 0. The first-order chi connectivity index (χ1) is 0. The van der Waals surface area contributed by atoms with Crippen molar-refractivity contribution in [2.24, 2.45) is 0 Å². The van der Waals surface area contributed by atoms with Crippen LogP contribution in [-0.4, -0.2) is 67.3 Å². The Morgan fingerprint density at radius 3 is 1.00 bits per heavy atom. The van der Waals surface area contributed by atoms with Crippen LogP contribution in [0, 0.1) is 0 Å². The molecule has 0 heterocycles. The fourth-order valence-corrected chi connectivity index (χ4v) is 0. The molecule has 0 aromatic carbocycles. The van der Waals surface area contributed by atoms with Crippen LogP contribution in [0.3, 0.4) is 0 Å². The second kappa shape index (κ2) is 16.6. The Morgan fingerprint density at radius 2 is 1.00 bits per heavy atom. The van der Waals surface area contributed by atoms with Gasteiger partial charge >= 0.3 is 67.3 Å². The van der Waals surface area contributed by atoms with Crippen molar-refractivity contribution in [1.29, 1.82) is 0 Å². The standard InChI is InChI=1S/BrH.Ca.ClH.Na.3H/h1H;;1H;;;;. The minimum absolute atomic E-state index is 0. The summed E-state index contributed by atoms with van der Waals surface area (Å²) < 4.78 is 0. The van der Waals surface area contributed by atoms with Crippen molar-refractivity contribution < 1.29 is 0 Å². The third kappa shape index (κ3) is 8.90. The Hall–Kier alpha value is 3.03. The normalized spacial score (nSPS) is 0. The van der Waals surface area contributed by atoms with E-state index in [2.05, 4.69) is 0 Å². The van der Waals surface area contributed by atoms with E-state index in [1.165, 1.54) is 0 Å². The summed E-state index contributed by atoms with van der Waals surface area (Å²) in [5, 5.41) is 0. The first kappa shape index (κ1) is 27.8. The Morgan fingerprint density at radius 1 is 1.00 bits per heavy atom. The van der Waals surface area contributed by atoms with Gasteiger partial charge < -0.3 is 0 Å². The van der Waals surface area contributed by atoms with E-state index >= 15 is 0 Å². The van der Waals surface area contributed by atoms with Gasteiger partial charge in [0.2, 0.25) is 0 Å². The molecule has 0 saturated carbocycles. The van der Waals surface area contributed by atoms with E-state index in [0.29, 0.717) is 0 Å². The van der Waals surface area contributed by atoms with Crippen molar-refractivity contribution in [3.05, 3.63) is 0 Å². The Labute approximate surface area is 94.6 Å². The molecular weight excluding hydrogens is 178 g/mol. The summed E-state index contributed by atoms with van der Waals surface area (Å²) in [6.45, 7) is 0.